The molecule has 0 spiro atoms. The molecule has 2 aromatic rings. The lowest BCUT2D eigenvalue weighted by molar-refractivity contribution is 0.172. The van der Waals surface area contributed by atoms with Crippen LogP contribution in [-0.2, 0) is 13.1 Å². The van der Waals surface area contributed by atoms with Crippen molar-refractivity contribution in [2.45, 2.75) is 44.8 Å². The van der Waals surface area contributed by atoms with Gasteiger partial charge in [0.15, 0.2) is 0 Å². The molecule has 2 fully saturated rings. The van der Waals surface area contributed by atoms with Gasteiger partial charge in [0.05, 0.1) is 0 Å². The Morgan fingerprint density at radius 2 is 1.60 bits per heavy atom. The molecule has 162 valence electrons. The van der Waals surface area contributed by atoms with E-state index < -0.39 is 0 Å². The molecule has 0 atom stereocenters. The van der Waals surface area contributed by atoms with Crippen molar-refractivity contribution in [1.82, 2.24) is 20.4 Å². The second-order valence-corrected chi connectivity index (χ2v) is 9.72. The zero-order valence-electron chi connectivity index (χ0n) is 17.8. The smallest absolute Gasteiger partial charge is 0.315 e. The van der Waals surface area contributed by atoms with E-state index in [9.17, 15) is 4.79 Å². The number of rotatable bonds is 7. The maximum Gasteiger partial charge on any atom is 0.315 e. The van der Waals surface area contributed by atoms with Crippen LogP contribution in [0, 0.1) is 5.92 Å². The summed E-state index contributed by atoms with van der Waals surface area (Å²) in [4.78, 5) is 18.8. The molecule has 3 heterocycles. The fourth-order valence-electron chi connectivity index (χ4n) is 4.52. The molecule has 2 saturated heterocycles. The minimum absolute atomic E-state index is 0.0116. The van der Waals surface area contributed by atoms with Gasteiger partial charge in [-0.05, 0) is 61.7 Å². The maximum absolute atomic E-state index is 12.4. The van der Waals surface area contributed by atoms with Gasteiger partial charge >= 0.3 is 6.03 Å². The van der Waals surface area contributed by atoms with Gasteiger partial charge in [-0.25, -0.2) is 4.79 Å². The zero-order chi connectivity index (χ0) is 20.6. The van der Waals surface area contributed by atoms with Gasteiger partial charge in [-0.3, -0.25) is 9.80 Å². The molecule has 6 heteroatoms. The lowest BCUT2D eigenvalue weighted by Crippen LogP contribution is -2.49. The molecule has 1 aromatic carbocycles. The lowest BCUT2D eigenvalue weighted by Gasteiger charge is -2.33. The largest absolute Gasteiger partial charge is 0.338 e. The quantitative estimate of drug-likeness (QED) is 0.705. The first-order chi connectivity index (χ1) is 14.7. The van der Waals surface area contributed by atoms with E-state index in [4.69, 9.17) is 0 Å². The molecule has 1 aromatic heterocycles. The highest BCUT2D eigenvalue weighted by Crippen LogP contribution is 2.20. The monoisotopic (exact) mass is 426 g/mol. The van der Waals surface area contributed by atoms with Crippen LogP contribution in [0.3, 0.4) is 0 Å². The molecule has 0 unspecified atom stereocenters. The molecule has 2 amide bonds. The first-order valence-electron chi connectivity index (χ1n) is 11.3. The van der Waals surface area contributed by atoms with Gasteiger partial charge in [0.2, 0.25) is 0 Å². The molecular formula is C24H34N4OS. The molecule has 4 rings (SSSR count). The van der Waals surface area contributed by atoms with Gasteiger partial charge in [0.25, 0.3) is 0 Å². The lowest BCUT2D eigenvalue weighted by atomic mass is 9.97. The standard InChI is InChI=1S/C24H34N4OS/c29-24(25-17-20-8-12-28(13-9-20)19-23-7-4-16-30-23)26-22-10-14-27(15-11-22)18-21-5-2-1-3-6-21/h1-7,16,20,22H,8-15,17-19H2,(H2,25,26,29). The summed E-state index contributed by atoms with van der Waals surface area (Å²) in [5, 5.41) is 8.48. The Morgan fingerprint density at radius 1 is 0.900 bits per heavy atom. The van der Waals surface area contributed by atoms with Crippen molar-refractivity contribution in [1.29, 1.82) is 0 Å². The van der Waals surface area contributed by atoms with Crippen LogP contribution in [0.1, 0.15) is 36.1 Å². The van der Waals surface area contributed by atoms with Crippen molar-refractivity contribution in [2.75, 3.05) is 32.7 Å². The van der Waals surface area contributed by atoms with Crippen molar-refractivity contribution < 1.29 is 4.79 Å². The Bertz CT molecular complexity index is 751. The van der Waals surface area contributed by atoms with Gasteiger partial charge in [-0.15, -0.1) is 11.3 Å². The Balaban J connectivity index is 1.08. The number of benzene rings is 1. The van der Waals surface area contributed by atoms with E-state index >= 15 is 0 Å². The summed E-state index contributed by atoms with van der Waals surface area (Å²) in [5.74, 6) is 0.600. The van der Waals surface area contributed by atoms with Crippen molar-refractivity contribution in [3.05, 3.63) is 58.3 Å². The van der Waals surface area contributed by atoms with E-state index in [1.165, 1.54) is 23.3 Å². The summed E-state index contributed by atoms with van der Waals surface area (Å²) in [6.07, 6.45) is 4.40. The third kappa shape index (κ3) is 6.56. The van der Waals surface area contributed by atoms with E-state index in [-0.39, 0.29) is 6.03 Å². The number of likely N-dealkylation sites (tertiary alicyclic amines) is 2. The second kappa shape index (κ2) is 10.9. The van der Waals surface area contributed by atoms with Crippen molar-refractivity contribution >= 4 is 17.4 Å². The second-order valence-electron chi connectivity index (χ2n) is 8.69. The number of hydrogen-bond acceptors (Lipinski definition) is 4. The molecule has 0 bridgehead atoms. The highest BCUT2D eigenvalue weighted by Gasteiger charge is 2.22. The van der Waals surface area contributed by atoms with Crippen LogP contribution >= 0.6 is 11.3 Å². The molecule has 2 aliphatic heterocycles. The van der Waals surface area contributed by atoms with E-state index in [0.717, 1.165) is 58.7 Å². The third-order valence-corrected chi connectivity index (χ3v) is 7.25. The summed E-state index contributed by atoms with van der Waals surface area (Å²) in [5.41, 5.74) is 1.36. The maximum atomic E-state index is 12.4. The Morgan fingerprint density at radius 3 is 2.30 bits per heavy atom. The number of thiophene rings is 1. The van der Waals surface area contributed by atoms with Crippen molar-refractivity contribution in [3.8, 4) is 0 Å². The van der Waals surface area contributed by atoms with Crippen LogP contribution in [0.2, 0.25) is 0 Å². The molecule has 0 radical (unpaired) electrons. The summed E-state index contributed by atoms with van der Waals surface area (Å²) in [6, 6.07) is 15.3. The average Bonchev–Trinajstić information content (AvgIpc) is 3.28. The fraction of sp³-hybridized carbons (Fsp3) is 0.542. The predicted molar refractivity (Wildman–Crippen MR) is 124 cm³/mol. The van der Waals surface area contributed by atoms with E-state index in [0.29, 0.717) is 12.0 Å². The number of nitrogens with one attached hydrogen (secondary N) is 2. The van der Waals surface area contributed by atoms with Gasteiger partial charge in [-0.1, -0.05) is 36.4 Å². The highest BCUT2D eigenvalue weighted by molar-refractivity contribution is 7.09. The predicted octanol–water partition coefficient (Wildman–Crippen LogP) is 3.92. The number of amides is 2. The van der Waals surface area contributed by atoms with Gasteiger partial charge in [0.1, 0.15) is 0 Å². The Labute approximate surface area is 184 Å². The SMILES string of the molecule is O=C(NCC1CCN(Cc2cccs2)CC1)NC1CCN(Cc2ccccc2)CC1. The number of nitrogens with zero attached hydrogens (tertiary/aromatic N) is 2. The first kappa shape index (κ1) is 21.3. The number of piperidine rings is 2. The van der Waals surface area contributed by atoms with Crippen LogP contribution in [0.5, 0.6) is 0 Å². The molecule has 2 aliphatic rings. The fourth-order valence-corrected chi connectivity index (χ4v) is 5.27. The average molecular weight is 427 g/mol. The minimum atomic E-state index is 0.0116. The van der Waals surface area contributed by atoms with Crippen LogP contribution in [0.15, 0.2) is 47.8 Å². The Kier molecular flexibility index (Phi) is 7.78. The van der Waals surface area contributed by atoms with E-state index in [1.807, 2.05) is 11.3 Å². The topological polar surface area (TPSA) is 47.6 Å². The molecule has 30 heavy (non-hydrogen) atoms. The van der Waals surface area contributed by atoms with Crippen molar-refractivity contribution in [3.63, 3.8) is 0 Å². The number of urea groups is 1. The van der Waals surface area contributed by atoms with Gasteiger partial charge < -0.3 is 10.6 Å². The van der Waals surface area contributed by atoms with Crippen LogP contribution < -0.4 is 10.6 Å². The molecule has 0 aliphatic carbocycles. The van der Waals surface area contributed by atoms with Crippen LogP contribution in [-0.4, -0.2) is 54.6 Å². The Hall–Kier alpha value is -1.89. The summed E-state index contributed by atoms with van der Waals surface area (Å²) >= 11 is 1.84. The molecule has 5 nitrogen and oxygen atoms in total. The normalized spacial score (nSPS) is 19.6. The first-order valence-corrected chi connectivity index (χ1v) is 12.2. The molecular weight excluding hydrogens is 392 g/mol. The van der Waals surface area contributed by atoms with Gasteiger partial charge in [0, 0.05) is 43.6 Å². The number of carbonyl (C=O) groups excluding carboxylic acids is 1. The number of carbonyl (C=O) groups is 1. The highest BCUT2D eigenvalue weighted by atomic mass is 32.1. The van der Waals surface area contributed by atoms with Gasteiger partial charge in [-0.2, -0.15) is 0 Å². The van der Waals surface area contributed by atoms with Crippen LogP contribution in [0.25, 0.3) is 0 Å². The van der Waals surface area contributed by atoms with E-state index in [1.54, 1.807) is 0 Å². The summed E-state index contributed by atoms with van der Waals surface area (Å²) < 4.78 is 0. The van der Waals surface area contributed by atoms with Crippen LogP contribution in [0.4, 0.5) is 4.79 Å². The third-order valence-electron chi connectivity index (χ3n) is 6.39. The minimum Gasteiger partial charge on any atom is -0.338 e. The molecule has 2 N–H and O–H groups in total. The zero-order valence-corrected chi connectivity index (χ0v) is 18.6. The molecule has 0 saturated carbocycles. The summed E-state index contributed by atoms with van der Waals surface area (Å²) in [6.45, 7) is 7.22. The number of hydrogen-bond donors (Lipinski definition) is 2. The van der Waals surface area contributed by atoms with Crippen molar-refractivity contribution in [2.24, 2.45) is 5.92 Å². The summed E-state index contributed by atoms with van der Waals surface area (Å²) in [7, 11) is 0. The van der Waals surface area contributed by atoms with E-state index in [2.05, 4.69) is 68.3 Å².